The smallest absolute Gasteiger partial charge is 0.269 e. The summed E-state index contributed by atoms with van der Waals surface area (Å²) in [6, 6.07) is 11.5. The van der Waals surface area contributed by atoms with E-state index < -0.39 is 4.92 Å². The highest BCUT2D eigenvalue weighted by atomic mass is 79.9. The van der Waals surface area contributed by atoms with E-state index in [0.29, 0.717) is 22.6 Å². The lowest BCUT2D eigenvalue weighted by Gasteiger charge is -2.03. The van der Waals surface area contributed by atoms with Crippen molar-refractivity contribution in [1.82, 2.24) is 0 Å². The summed E-state index contributed by atoms with van der Waals surface area (Å²) in [6.45, 7) is 0.161. The molecule has 0 N–H and O–H groups in total. The first-order chi connectivity index (χ1) is 11.1. The number of nitro benzene ring substituents is 1. The predicted octanol–water partition coefficient (Wildman–Crippen LogP) is 4.15. The molecule has 0 aromatic heterocycles. The van der Waals surface area contributed by atoms with Crippen molar-refractivity contribution in [3.05, 3.63) is 62.1 Å². The molecule has 0 radical (unpaired) electrons. The maximum absolute atomic E-state index is 10.7. The summed E-state index contributed by atoms with van der Waals surface area (Å²) in [7, 11) is 0. The molecule has 0 fully saturated rings. The molecule has 0 unspecified atom stereocenters. The van der Waals surface area contributed by atoms with Crippen LogP contribution in [0.4, 0.5) is 5.69 Å². The zero-order valence-electron chi connectivity index (χ0n) is 11.7. The van der Waals surface area contributed by atoms with Gasteiger partial charge in [0.15, 0.2) is 11.5 Å². The standard InChI is InChI=1S/C16H9BrN2O4/c17-14-6-10(7-15-16(14)23-9-22-15)5-12(8-18)11-1-3-13(4-2-11)19(20)21/h1-7H,9H2/b12-5+. The number of halogens is 1. The highest BCUT2D eigenvalue weighted by Gasteiger charge is 2.17. The van der Waals surface area contributed by atoms with Crippen molar-refractivity contribution >= 4 is 33.3 Å². The quantitative estimate of drug-likeness (QED) is 0.349. The SMILES string of the molecule is N#C/C(=C\c1cc(Br)c2c(c1)OCO2)c1ccc([N+](=O)[O-])cc1. The summed E-state index contributed by atoms with van der Waals surface area (Å²) in [5.41, 5.74) is 1.74. The first kappa shape index (κ1) is 15.1. The molecule has 0 spiro atoms. The topological polar surface area (TPSA) is 85.4 Å². The molecule has 0 aliphatic carbocycles. The van der Waals surface area contributed by atoms with E-state index in [-0.39, 0.29) is 12.5 Å². The fourth-order valence-corrected chi connectivity index (χ4v) is 2.75. The van der Waals surface area contributed by atoms with E-state index in [9.17, 15) is 15.4 Å². The number of benzene rings is 2. The summed E-state index contributed by atoms with van der Waals surface area (Å²) >= 11 is 3.40. The first-order valence-corrected chi connectivity index (χ1v) is 7.33. The molecule has 1 aliphatic rings. The molecule has 0 saturated carbocycles. The van der Waals surface area contributed by atoms with E-state index in [0.717, 1.165) is 10.0 Å². The second-order valence-electron chi connectivity index (χ2n) is 4.71. The number of nitriles is 1. The van der Waals surface area contributed by atoms with Gasteiger partial charge in [-0.3, -0.25) is 10.1 Å². The van der Waals surface area contributed by atoms with Crippen LogP contribution in [0.5, 0.6) is 11.5 Å². The van der Waals surface area contributed by atoms with E-state index in [1.807, 2.05) is 6.07 Å². The zero-order chi connectivity index (χ0) is 16.4. The average Bonchev–Trinajstić information content (AvgIpc) is 3.02. The van der Waals surface area contributed by atoms with Crippen LogP contribution in [-0.2, 0) is 0 Å². The van der Waals surface area contributed by atoms with E-state index >= 15 is 0 Å². The molecular formula is C16H9BrN2O4. The van der Waals surface area contributed by atoms with Gasteiger partial charge in [0.1, 0.15) is 0 Å². The van der Waals surface area contributed by atoms with Gasteiger partial charge in [-0.05, 0) is 57.4 Å². The fraction of sp³-hybridized carbons (Fsp3) is 0.0625. The summed E-state index contributed by atoms with van der Waals surface area (Å²) in [5.74, 6) is 1.24. The van der Waals surface area contributed by atoms with Gasteiger partial charge in [0.05, 0.1) is 21.0 Å². The Bertz CT molecular complexity index is 854. The normalized spacial score (nSPS) is 12.8. The van der Waals surface area contributed by atoms with Gasteiger partial charge < -0.3 is 9.47 Å². The van der Waals surface area contributed by atoms with E-state index in [2.05, 4.69) is 22.0 Å². The Morgan fingerprint density at radius 3 is 2.70 bits per heavy atom. The van der Waals surface area contributed by atoms with Crippen LogP contribution in [-0.4, -0.2) is 11.7 Å². The Morgan fingerprint density at radius 2 is 2.04 bits per heavy atom. The lowest BCUT2D eigenvalue weighted by atomic mass is 10.0. The monoisotopic (exact) mass is 372 g/mol. The molecule has 0 saturated heterocycles. The molecule has 2 aromatic rings. The van der Waals surface area contributed by atoms with Crippen LogP contribution in [0.3, 0.4) is 0 Å². The van der Waals surface area contributed by atoms with Gasteiger partial charge in [0.25, 0.3) is 5.69 Å². The molecule has 0 atom stereocenters. The molecule has 23 heavy (non-hydrogen) atoms. The summed E-state index contributed by atoms with van der Waals surface area (Å²) in [6.07, 6.45) is 1.69. The van der Waals surface area contributed by atoms with Crippen molar-refractivity contribution in [3.63, 3.8) is 0 Å². The van der Waals surface area contributed by atoms with Crippen LogP contribution >= 0.6 is 15.9 Å². The molecule has 1 aliphatic heterocycles. The summed E-state index contributed by atoms with van der Waals surface area (Å²) in [5, 5.41) is 20.0. The Balaban J connectivity index is 1.98. The van der Waals surface area contributed by atoms with Gasteiger partial charge in [-0.15, -0.1) is 0 Å². The fourth-order valence-electron chi connectivity index (χ4n) is 2.18. The Labute approximate surface area is 139 Å². The Kier molecular flexibility index (Phi) is 4.00. The van der Waals surface area contributed by atoms with Crippen molar-refractivity contribution < 1.29 is 14.4 Å². The highest BCUT2D eigenvalue weighted by molar-refractivity contribution is 9.10. The predicted molar refractivity (Wildman–Crippen MR) is 86.8 cm³/mol. The van der Waals surface area contributed by atoms with Gasteiger partial charge in [-0.25, -0.2) is 0 Å². The van der Waals surface area contributed by atoms with Crippen LogP contribution < -0.4 is 9.47 Å². The average molecular weight is 373 g/mol. The van der Waals surface area contributed by atoms with Crippen LogP contribution in [0.15, 0.2) is 40.9 Å². The van der Waals surface area contributed by atoms with Crippen LogP contribution in [0.25, 0.3) is 11.6 Å². The maximum atomic E-state index is 10.7. The summed E-state index contributed by atoms with van der Waals surface area (Å²) < 4.78 is 11.4. The number of hydrogen-bond acceptors (Lipinski definition) is 5. The maximum Gasteiger partial charge on any atom is 0.269 e. The van der Waals surface area contributed by atoms with Crippen LogP contribution in [0.2, 0.25) is 0 Å². The first-order valence-electron chi connectivity index (χ1n) is 6.54. The van der Waals surface area contributed by atoms with Gasteiger partial charge >= 0.3 is 0 Å². The Hall–Kier alpha value is -2.85. The van der Waals surface area contributed by atoms with Crippen molar-refractivity contribution in [2.75, 3.05) is 6.79 Å². The number of allylic oxidation sites excluding steroid dienone is 1. The van der Waals surface area contributed by atoms with E-state index in [1.54, 1.807) is 24.3 Å². The van der Waals surface area contributed by atoms with Crippen LogP contribution in [0.1, 0.15) is 11.1 Å². The molecule has 6 nitrogen and oxygen atoms in total. The number of rotatable bonds is 3. The van der Waals surface area contributed by atoms with Gasteiger partial charge in [-0.2, -0.15) is 5.26 Å². The van der Waals surface area contributed by atoms with Gasteiger partial charge in [-0.1, -0.05) is 0 Å². The van der Waals surface area contributed by atoms with Crippen molar-refractivity contribution in [2.24, 2.45) is 0 Å². The molecule has 0 amide bonds. The van der Waals surface area contributed by atoms with Crippen molar-refractivity contribution in [2.45, 2.75) is 0 Å². The van der Waals surface area contributed by atoms with Gasteiger partial charge in [0, 0.05) is 12.1 Å². The molecule has 2 aromatic carbocycles. The minimum atomic E-state index is -0.478. The van der Waals surface area contributed by atoms with Crippen LogP contribution in [0, 0.1) is 21.4 Å². The van der Waals surface area contributed by atoms with E-state index in [4.69, 9.17) is 9.47 Å². The van der Waals surface area contributed by atoms with Gasteiger partial charge in [0.2, 0.25) is 6.79 Å². The largest absolute Gasteiger partial charge is 0.454 e. The lowest BCUT2D eigenvalue weighted by molar-refractivity contribution is -0.384. The second kappa shape index (κ2) is 6.10. The molecule has 114 valence electrons. The Morgan fingerprint density at radius 1 is 1.30 bits per heavy atom. The lowest BCUT2D eigenvalue weighted by Crippen LogP contribution is -1.93. The molecule has 0 bridgehead atoms. The molecular weight excluding hydrogens is 364 g/mol. The second-order valence-corrected chi connectivity index (χ2v) is 5.56. The van der Waals surface area contributed by atoms with E-state index in [1.165, 1.54) is 12.1 Å². The minimum absolute atomic E-state index is 0.0168. The third kappa shape index (κ3) is 3.03. The van der Waals surface area contributed by atoms with Crippen molar-refractivity contribution in [1.29, 1.82) is 5.26 Å². The molecule has 3 rings (SSSR count). The molecule has 1 heterocycles. The number of nitrogens with zero attached hydrogens (tertiary/aromatic N) is 2. The third-order valence-electron chi connectivity index (χ3n) is 3.27. The van der Waals surface area contributed by atoms with Crippen molar-refractivity contribution in [3.8, 4) is 17.6 Å². The number of non-ortho nitro benzene ring substituents is 1. The number of nitro groups is 1. The minimum Gasteiger partial charge on any atom is -0.454 e. The highest BCUT2D eigenvalue weighted by Crippen LogP contribution is 2.40. The molecule has 7 heteroatoms. The third-order valence-corrected chi connectivity index (χ3v) is 3.86. The summed E-state index contributed by atoms with van der Waals surface area (Å²) in [4.78, 5) is 10.2. The number of ether oxygens (including phenoxy) is 2. The zero-order valence-corrected chi connectivity index (χ0v) is 13.2. The number of fused-ring (bicyclic) bond motifs is 1. The number of hydrogen-bond donors (Lipinski definition) is 0.